The molecule has 2 amide bonds. The predicted molar refractivity (Wildman–Crippen MR) is 182 cm³/mol. The third-order valence-corrected chi connectivity index (χ3v) is 10.0. The Morgan fingerprint density at radius 3 is 2.48 bits per heavy atom. The van der Waals surface area contributed by atoms with E-state index in [1.165, 1.54) is 44.4 Å². The largest absolute Gasteiger partial charge is 0.451 e. The van der Waals surface area contributed by atoms with Crippen LogP contribution in [0.25, 0.3) is 0 Å². The van der Waals surface area contributed by atoms with E-state index >= 15 is 0 Å². The molecule has 1 saturated heterocycles. The number of hydrogen-bond acceptors (Lipinski definition) is 8. The third kappa shape index (κ3) is 8.35. The second-order valence-electron chi connectivity index (χ2n) is 13.8. The van der Waals surface area contributed by atoms with Crippen LogP contribution in [0.4, 0.5) is 8.78 Å². The molecule has 0 unspecified atom stereocenters. The summed E-state index contributed by atoms with van der Waals surface area (Å²) >= 11 is 0. The Hall–Kier alpha value is -4.29. The maximum atomic E-state index is 14.3. The van der Waals surface area contributed by atoms with Crippen molar-refractivity contribution < 1.29 is 37.5 Å². The molecule has 272 valence electrons. The van der Waals surface area contributed by atoms with E-state index in [-0.39, 0.29) is 42.4 Å². The number of nitrogens with one attached hydrogen (secondary N) is 1. The van der Waals surface area contributed by atoms with E-state index in [1.807, 2.05) is 13.8 Å². The Morgan fingerprint density at radius 2 is 1.80 bits per heavy atom. The zero-order valence-corrected chi connectivity index (χ0v) is 29.2. The molecule has 2 aromatic rings. The topological polar surface area (TPSA) is 129 Å². The molecule has 3 atom stereocenters. The number of nitrogens with zero attached hydrogens (tertiary/aromatic N) is 3. The van der Waals surface area contributed by atoms with Crippen LogP contribution in [0, 0.1) is 11.6 Å². The first-order chi connectivity index (χ1) is 24.0. The quantitative estimate of drug-likeness (QED) is 0.119. The van der Waals surface area contributed by atoms with Crippen LogP contribution in [0.3, 0.4) is 0 Å². The molecule has 13 heteroatoms. The molecule has 1 aromatic carbocycles. The van der Waals surface area contributed by atoms with Crippen LogP contribution in [-0.4, -0.2) is 57.9 Å². The van der Waals surface area contributed by atoms with Gasteiger partial charge in [-0.15, -0.1) is 0 Å². The first kappa shape index (κ1) is 37.0. The highest BCUT2D eigenvalue weighted by Gasteiger charge is 2.54. The molecule has 0 aliphatic carbocycles. The number of oxime groups is 1. The summed E-state index contributed by atoms with van der Waals surface area (Å²) in [6.45, 7) is 5.25. The van der Waals surface area contributed by atoms with E-state index < -0.39 is 59.0 Å². The molecule has 0 radical (unpaired) electrons. The SMILES string of the molecule is CCCCCCCCCCCC(=O)OCOc1c2n(cc(C(=O)NCc3ccc(F)cc3F)c1=O)[C@@H]1CN(C2=O)[C@@H](C)CC[C@]12CC(C)=NO2. The fourth-order valence-corrected chi connectivity index (χ4v) is 7.15. The van der Waals surface area contributed by atoms with Crippen LogP contribution in [0.5, 0.6) is 5.75 Å². The molecule has 5 rings (SSSR count). The molecule has 3 aliphatic rings. The molecule has 1 spiro atoms. The van der Waals surface area contributed by atoms with Gasteiger partial charge in [-0.2, -0.15) is 0 Å². The van der Waals surface area contributed by atoms with Crippen LogP contribution in [0.2, 0.25) is 0 Å². The fraction of sp³-hybridized carbons (Fsp3) is 0.595. The summed E-state index contributed by atoms with van der Waals surface area (Å²) in [4.78, 5) is 61.8. The number of benzene rings is 1. The maximum absolute atomic E-state index is 14.3. The minimum absolute atomic E-state index is 0.0164. The predicted octanol–water partition coefficient (Wildman–Crippen LogP) is 6.57. The molecule has 1 aromatic heterocycles. The number of rotatable bonds is 16. The van der Waals surface area contributed by atoms with Crippen molar-refractivity contribution in [2.75, 3.05) is 13.3 Å². The number of hydrogen-bond donors (Lipinski definition) is 1. The van der Waals surface area contributed by atoms with Crippen molar-refractivity contribution >= 4 is 23.5 Å². The molecule has 4 heterocycles. The number of fused-ring (bicyclic) bond motifs is 5. The van der Waals surface area contributed by atoms with E-state index in [4.69, 9.17) is 14.3 Å². The number of amides is 2. The van der Waals surface area contributed by atoms with E-state index in [1.54, 1.807) is 9.47 Å². The molecular weight excluding hydrogens is 650 g/mol. The van der Waals surface area contributed by atoms with Crippen LogP contribution in [0.15, 0.2) is 34.3 Å². The average molecular weight is 699 g/mol. The number of unbranched alkanes of at least 4 members (excludes halogenated alkanes) is 8. The summed E-state index contributed by atoms with van der Waals surface area (Å²) < 4.78 is 40.4. The van der Waals surface area contributed by atoms with E-state index in [0.717, 1.165) is 31.0 Å². The van der Waals surface area contributed by atoms with Crippen molar-refractivity contribution in [2.45, 2.75) is 128 Å². The lowest BCUT2D eigenvalue weighted by Crippen LogP contribution is -2.52. The van der Waals surface area contributed by atoms with Crippen molar-refractivity contribution in [3.63, 3.8) is 0 Å². The standard InChI is InChI=1S/C37H48F2N4O7/c1-4-5-6-7-8-9-10-11-12-13-31(44)48-23-49-34-32-36(47)42-22-30(37(17-16-25(42)3)19-24(2)41-50-37)43(32)21-28(33(34)45)35(46)40-20-26-14-15-27(38)18-29(26)39/h14-15,18,21,25,30H,4-13,16-17,19-20,22-23H2,1-3H3,(H,40,46)/t25-,30+,37-/m0/s1. The highest BCUT2D eigenvalue weighted by Crippen LogP contribution is 2.46. The summed E-state index contributed by atoms with van der Waals surface area (Å²) in [7, 11) is 0. The summed E-state index contributed by atoms with van der Waals surface area (Å²) in [6, 6.07) is 2.24. The van der Waals surface area contributed by atoms with Crippen LogP contribution >= 0.6 is 0 Å². The van der Waals surface area contributed by atoms with Crippen molar-refractivity contribution in [1.29, 1.82) is 0 Å². The Bertz CT molecular complexity index is 1660. The lowest BCUT2D eigenvalue weighted by atomic mass is 9.84. The number of carbonyl (C=O) groups is 3. The van der Waals surface area contributed by atoms with Gasteiger partial charge in [0.05, 0.1) is 11.8 Å². The highest BCUT2D eigenvalue weighted by molar-refractivity contribution is 5.99. The summed E-state index contributed by atoms with van der Waals surface area (Å²) in [6.07, 6.45) is 13.0. The Morgan fingerprint density at radius 1 is 1.08 bits per heavy atom. The summed E-state index contributed by atoms with van der Waals surface area (Å²) in [5, 5.41) is 6.75. The molecule has 1 fully saturated rings. The summed E-state index contributed by atoms with van der Waals surface area (Å²) in [5.74, 6) is -3.86. The molecule has 11 nitrogen and oxygen atoms in total. The van der Waals surface area contributed by atoms with Gasteiger partial charge in [-0.3, -0.25) is 19.2 Å². The van der Waals surface area contributed by atoms with Gasteiger partial charge < -0.3 is 29.1 Å². The maximum Gasteiger partial charge on any atom is 0.308 e. The average Bonchev–Trinajstić information content (AvgIpc) is 3.42. The first-order valence-electron chi connectivity index (χ1n) is 17.9. The molecule has 3 aliphatic heterocycles. The number of ether oxygens (including phenoxy) is 2. The number of halogens is 2. The van der Waals surface area contributed by atoms with Crippen LogP contribution in [-0.2, 0) is 20.9 Å². The van der Waals surface area contributed by atoms with Crippen LogP contribution in [0.1, 0.15) is 137 Å². The zero-order chi connectivity index (χ0) is 35.8. The first-order valence-corrected chi connectivity index (χ1v) is 17.9. The lowest BCUT2D eigenvalue weighted by Gasteiger charge is -2.42. The van der Waals surface area contributed by atoms with Crippen molar-refractivity contribution in [1.82, 2.24) is 14.8 Å². The monoisotopic (exact) mass is 698 g/mol. The minimum Gasteiger partial charge on any atom is -0.451 e. The number of pyridine rings is 1. The van der Waals surface area contributed by atoms with Crippen LogP contribution < -0.4 is 15.5 Å². The van der Waals surface area contributed by atoms with Gasteiger partial charge in [0.15, 0.2) is 11.3 Å². The molecule has 2 bridgehead atoms. The van der Waals surface area contributed by atoms with Gasteiger partial charge in [0.25, 0.3) is 11.8 Å². The van der Waals surface area contributed by atoms with Gasteiger partial charge in [0.1, 0.15) is 17.2 Å². The van der Waals surface area contributed by atoms with Gasteiger partial charge in [0, 0.05) is 49.8 Å². The molecular formula is C37H48F2N4O7. The zero-order valence-electron chi connectivity index (χ0n) is 29.2. The smallest absolute Gasteiger partial charge is 0.308 e. The van der Waals surface area contributed by atoms with E-state index in [0.29, 0.717) is 31.7 Å². The Balaban J connectivity index is 1.36. The number of carbonyl (C=O) groups excluding carboxylic acids is 3. The number of aromatic nitrogens is 1. The Labute approximate surface area is 291 Å². The van der Waals surface area contributed by atoms with Gasteiger partial charge in [-0.25, -0.2) is 8.78 Å². The summed E-state index contributed by atoms with van der Waals surface area (Å²) in [5.41, 5.74) is -1.39. The lowest BCUT2D eigenvalue weighted by molar-refractivity contribution is -0.150. The minimum atomic E-state index is -0.891. The normalized spacial score (nSPS) is 20.9. The second-order valence-corrected chi connectivity index (χ2v) is 13.8. The Kier molecular flexibility index (Phi) is 12.3. The molecule has 0 saturated carbocycles. The van der Waals surface area contributed by atoms with Gasteiger partial charge in [-0.1, -0.05) is 69.5 Å². The highest BCUT2D eigenvalue weighted by atomic mass is 19.1. The van der Waals surface area contributed by atoms with Gasteiger partial charge in [-0.05, 0) is 39.2 Å². The number of esters is 1. The van der Waals surface area contributed by atoms with Crippen molar-refractivity contribution in [2.24, 2.45) is 5.16 Å². The molecule has 1 N–H and O–H groups in total. The third-order valence-electron chi connectivity index (χ3n) is 10.0. The molecule has 50 heavy (non-hydrogen) atoms. The van der Waals surface area contributed by atoms with E-state index in [9.17, 15) is 28.0 Å². The van der Waals surface area contributed by atoms with Crippen molar-refractivity contribution in [3.8, 4) is 5.75 Å². The van der Waals surface area contributed by atoms with Gasteiger partial charge in [0.2, 0.25) is 18.0 Å². The van der Waals surface area contributed by atoms with Gasteiger partial charge >= 0.3 is 5.97 Å². The van der Waals surface area contributed by atoms with Crippen molar-refractivity contribution in [3.05, 3.63) is 63.1 Å². The fourth-order valence-electron chi connectivity index (χ4n) is 7.15. The van der Waals surface area contributed by atoms with E-state index in [2.05, 4.69) is 17.4 Å². The second kappa shape index (κ2) is 16.6.